The van der Waals surface area contributed by atoms with E-state index in [-0.39, 0.29) is 23.5 Å². The Morgan fingerprint density at radius 1 is 1.19 bits per heavy atom. The third-order valence-corrected chi connectivity index (χ3v) is 6.89. The zero-order valence-electron chi connectivity index (χ0n) is 17.1. The smallest absolute Gasteiger partial charge is 0.343 e. The normalized spacial score (nSPS) is 16.2. The molecule has 1 aliphatic heterocycles. The zero-order chi connectivity index (χ0) is 22.1. The zero-order valence-corrected chi connectivity index (χ0v) is 19.5. The molecule has 3 aromatic rings. The maximum atomic E-state index is 13.1. The largest absolute Gasteiger partial charge is 0.462 e. The van der Waals surface area contributed by atoms with Gasteiger partial charge in [-0.25, -0.2) is 4.79 Å². The number of esters is 1. The van der Waals surface area contributed by atoms with E-state index in [0.717, 1.165) is 10.0 Å². The number of ether oxygens (including phenoxy) is 1. The molecule has 1 atom stereocenters. The van der Waals surface area contributed by atoms with Crippen LogP contribution in [0.15, 0.2) is 57.9 Å². The van der Waals surface area contributed by atoms with Crippen molar-refractivity contribution in [2.45, 2.75) is 25.8 Å². The Labute approximate surface area is 192 Å². The summed E-state index contributed by atoms with van der Waals surface area (Å²) in [4.78, 5) is 40.0. The first-order valence-corrected chi connectivity index (χ1v) is 11.8. The summed E-state index contributed by atoms with van der Waals surface area (Å²) in [5, 5.41) is 0.201. The predicted molar refractivity (Wildman–Crippen MR) is 127 cm³/mol. The number of benzene rings is 2. The molecule has 1 unspecified atom stereocenters. The molecular formula is C23H21BrN2O4S. The van der Waals surface area contributed by atoms with Crippen LogP contribution in [0.4, 0.5) is 5.69 Å². The van der Waals surface area contributed by atoms with Crippen molar-refractivity contribution in [2.24, 2.45) is 0 Å². The molecule has 4 rings (SSSR count). The number of rotatable bonds is 5. The molecule has 2 heterocycles. The summed E-state index contributed by atoms with van der Waals surface area (Å²) < 4.78 is 7.85. The van der Waals surface area contributed by atoms with E-state index in [1.807, 2.05) is 47.9 Å². The number of nitrogens with zero attached hydrogens (tertiary/aromatic N) is 2. The number of aryl methyl sites for hydroxylation is 1. The van der Waals surface area contributed by atoms with Crippen molar-refractivity contribution < 1.29 is 14.3 Å². The number of anilines is 1. The van der Waals surface area contributed by atoms with Gasteiger partial charge in [0.05, 0.1) is 17.9 Å². The average Bonchev–Trinajstić information content (AvgIpc) is 3.15. The Morgan fingerprint density at radius 3 is 2.71 bits per heavy atom. The molecule has 0 spiro atoms. The molecule has 1 fully saturated rings. The molecule has 2 aromatic carbocycles. The van der Waals surface area contributed by atoms with Crippen LogP contribution in [0.2, 0.25) is 0 Å². The first kappa shape index (κ1) is 21.6. The van der Waals surface area contributed by atoms with Gasteiger partial charge in [-0.1, -0.05) is 28.1 Å². The molecule has 1 amide bonds. The van der Waals surface area contributed by atoms with Crippen molar-refractivity contribution in [3.8, 4) is 0 Å². The highest BCUT2D eigenvalue weighted by Crippen LogP contribution is 2.42. The van der Waals surface area contributed by atoms with E-state index in [0.29, 0.717) is 28.9 Å². The highest BCUT2D eigenvalue weighted by atomic mass is 79.9. The number of halogens is 1. The number of pyridine rings is 1. The lowest BCUT2D eigenvalue weighted by atomic mass is 10.1. The monoisotopic (exact) mass is 500 g/mol. The fourth-order valence-electron chi connectivity index (χ4n) is 3.76. The van der Waals surface area contributed by atoms with Crippen LogP contribution in [0, 0.1) is 0 Å². The van der Waals surface area contributed by atoms with Crippen molar-refractivity contribution in [1.29, 1.82) is 0 Å². The van der Waals surface area contributed by atoms with Crippen LogP contribution in [-0.4, -0.2) is 28.8 Å². The van der Waals surface area contributed by atoms with Crippen molar-refractivity contribution in [3.63, 3.8) is 0 Å². The van der Waals surface area contributed by atoms with Gasteiger partial charge in [-0.3, -0.25) is 14.5 Å². The maximum Gasteiger partial charge on any atom is 0.343 e. The number of amides is 1. The van der Waals surface area contributed by atoms with Gasteiger partial charge >= 0.3 is 5.97 Å². The minimum absolute atomic E-state index is 0.000913. The fourth-order valence-corrected chi connectivity index (χ4v) is 5.35. The fraction of sp³-hybridized carbons (Fsp3) is 0.261. The van der Waals surface area contributed by atoms with E-state index in [2.05, 4.69) is 15.9 Å². The first-order chi connectivity index (χ1) is 14.9. The molecule has 31 heavy (non-hydrogen) atoms. The number of fused-ring (bicyclic) bond motifs is 1. The summed E-state index contributed by atoms with van der Waals surface area (Å²) in [5.41, 5.74) is 1.95. The van der Waals surface area contributed by atoms with Crippen LogP contribution in [0.1, 0.15) is 35.1 Å². The molecule has 8 heteroatoms. The van der Waals surface area contributed by atoms with Gasteiger partial charge < -0.3 is 9.30 Å². The van der Waals surface area contributed by atoms with Crippen molar-refractivity contribution in [1.82, 2.24) is 4.57 Å². The molecule has 0 bridgehead atoms. The van der Waals surface area contributed by atoms with Gasteiger partial charge in [0.1, 0.15) is 10.9 Å². The molecule has 1 aromatic heterocycles. The minimum atomic E-state index is -0.637. The summed E-state index contributed by atoms with van der Waals surface area (Å²) in [6.45, 7) is 4.42. The number of thioether (sulfide) groups is 1. The summed E-state index contributed by atoms with van der Waals surface area (Å²) in [5.74, 6) is -0.300. The Hall–Kier alpha value is -2.58. The Bertz CT molecular complexity index is 1240. The Morgan fingerprint density at radius 2 is 2.00 bits per heavy atom. The summed E-state index contributed by atoms with van der Waals surface area (Å²) in [6, 6.07) is 13.3. The second-order valence-electron chi connectivity index (χ2n) is 7.06. The number of carbonyl (C=O) groups excluding carboxylic acids is 2. The lowest BCUT2D eigenvalue weighted by Crippen LogP contribution is -2.28. The summed E-state index contributed by atoms with van der Waals surface area (Å²) >= 11 is 5.04. The number of hydrogen-bond donors (Lipinski definition) is 0. The predicted octanol–water partition coefficient (Wildman–Crippen LogP) is 4.74. The molecule has 0 aliphatic carbocycles. The second kappa shape index (κ2) is 8.88. The van der Waals surface area contributed by atoms with Crippen molar-refractivity contribution in [3.05, 3.63) is 74.5 Å². The number of aromatic nitrogens is 1. The van der Waals surface area contributed by atoms with Gasteiger partial charge in [-0.2, -0.15) is 0 Å². The van der Waals surface area contributed by atoms with E-state index >= 15 is 0 Å². The first-order valence-electron chi connectivity index (χ1n) is 9.98. The van der Waals surface area contributed by atoms with E-state index in [9.17, 15) is 14.4 Å². The van der Waals surface area contributed by atoms with E-state index < -0.39 is 11.4 Å². The standard InChI is InChI=1S/C23H21BrN2O4S/c1-3-25-12-18(23(29)30-4-2)21(28)17-11-16(8-9-19(17)25)26-20(27)13-31-22(26)14-6-5-7-15(24)10-14/h5-12,22H,3-4,13H2,1-2H3. The van der Waals surface area contributed by atoms with Gasteiger partial charge in [-0.05, 0) is 49.7 Å². The SMILES string of the molecule is CCOC(=O)c1cn(CC)c2ccc(N3C(=O)CSC3c3cccc(Br)c3)cc2c1=O. The Balaban J connectivity index is 1.86. The summed E-state index contributed by atoms with van der Waals surface area (Å²) in [7, 11) is 0. The van der Waals surface area contributed by atoms with Crippen LogP contribution in [-0.2, 0) is 16.1 Å². The average molecular weight is 501 g/mol. The van der Waals surface area contributed by atoms with Gasteiger partial charge in [-0.15, -0.1) is 11.8 Å². The number of carbonyl (C=O) groups is 2. The maximum absolute atomic E-state index is 13.1. The lowest BCUT2D eigenvalue weighted by molar-refractivity contribution is -0.115. The second-order valence-corrected chi connectivity index (χ2v) is 9.05. The van der Waals surface area contributed by atoms with Gasteiger partial charge in [0, 0.05) is 28.3 Å². The summed E-state index contributed by atoms with van der Waals surface area (Å²) in [6.07, 6.45) is 1.55. The molecule has 0 radical (unpaired) electrons. The minimum Gasteiger partial charge on any atom is -0.462 e. The van der Waals surface area contributed by atoms with Crippen LogP contribution in [0.5, 0.6) is 0 Å². The highest BCUT2D eigenvalue weighted by Gasteiger charge is 2.34. The van der Waals surface area contributed by atoms with E-state index in [4.69, 9.17) is 4.74 Å². The molecule has 0 saturated carbocycles. The van der Waals surface area contributed by atoms with Crippen molar-refractivity contribution >= 4 is 56.2 Å². The molecule has 1 aliphatic rings. The molecule has 160 valence electrons. The van der Waals surface area contributed by atoms with Gasteiger partial charge in [0.25, 0.3) is 0 Å². The van der Waals surface area contributed by atoms with E-state index in [1.165, 1.54) is 0 Å². The number of hydrogen-bond acceptors (Lipinski definition) is 5. The topological polar surface area (TPSA) is 68.6 Å². The third-order valence-electron chi connectivity index (χ3n) is 5.18. The molecule has 0 N–H and O–H groups in total. The van der Waals surface area contributed by atoms with E-state index in [1.54, 1.807) is 35.8 Å². The van der Waals surface area contributed by atoms with Crippen LogP contribution in [0.3, 0.4) is 0 Å². The molecule has 6 nitrogen and oxygen atoms in total. The quantitative estimate of drug-likeness (QED) is 0.473. The molecule has 1 saturated heterocycles. The Kier molecular flexibility index (Phi) is 6.20. The van der Waals surface area contributed by atoms with Gasteiger partial charge in [0.2, 0.25) is 11.3 Å². The van der Waals surface area contributed by atoms with Crippen LogP contribution >= 0.6 is 27.7 Å². The van der Waals surface area contributed by atoms with Gasteiger partial charge in [0.15, 0.2) is 0 Å². The molecular weight excluding hydrogens is 480 g/mol. The lowest BCUT2D eigenvalue weighted by Gasteiger charge is -2.25. The van der Waals surface area contributed by atoms with Crippen LogP contribution in [0.25, 0.3) is 10.9 Å². The third kappa shape index (κ3) is 4.02. The van der Waals surface area contributed by atoms with Crippen molar-refractivity contribution in [2.75, 3.05) is 17.3 Å². The van der Waals surface area contributed by atoms with Crippen LogP contribution < -0.4 is 10.3 Å². The highest BCUT2D eigenvalue weighted by molar-refractivity contribution is 9.10.